The van der Waals surface area contributed by atoms with E-state index >= 15 is 0 Å². The van der Waals surface area contributed by atoms with Crippen LogP contribution in [0.15, 0.2) is 47.0 Å². The van der Waals surface area contributed by atoms with Crippen molar-refractivity contribution in [2.45, 2.75) is 27.4 Å². The Bertz CT molecular complexity index is 995. The molecule has 0 saturated carbocycles. The summed E-state index contributed by atoms with van der Waals surface area (Å²) in [5.41, 5.74) is 4.13. The molecule has 2 aromatic carbocycles. The molecule has 136 valence electrons. The van der Waals surface area contributed by atoms with E-state index in [0.717, 1.165) is 22.6 Å². The third-order valence-corrected chi connectivity index (χ3v) is 4.38. The largest absolute Gasteiger partial charge is 0.489 e. The standard InChI is InChI=1S/C21H19N3O3/c1-13-17(11-22)5-4-6-20(13)23-21(25)16-7-9-18(10-8-16)26-12-19-14(2)24-27-15(19)3/h4-10H,12H2,1-3H3,(H,23,25). The summed E-state index contributed by atoms with van der Waals surface area (Å²) in [4.78, 5) is 12.5. The summed E-state index contributed by atoms with van der Waals surface area (Å²) in [5.74, 6) is 1.14. The van der Waals surface area contributed by atoms with Gasteiger partial charge < -0.3 is 14.6 Å². The molecule has 1 heterocycles. The van der Waals surface area contributed by atoms with Crippen molar-refractivity contribution in [3.63, 3.8) is 0 Å². The van der Waals surface area contributed by atoms with Gasteiger partial charge in [-0.3, -0.25) is 4.79 Å². The molecule has 0 aliphatic heterocycles. The number of nitrogens with zero attached hydrogens (tertiary/aromatic N) is 2. The maximum absolute atomic E-state index is 12.5. The molecule has 3 aromatic rings. The first-order valence-corrected chi connectivity index (χ1v) is 8.45. The van der Waals surface area contributed by atoms with Crippen molar-refractivity contribution in [3.05, 3.63) is 76.2 Å². The Morgan fingerprint density at radius 3 is 2.56 bits per heavy atom. The lowest BCUT2D eigenvalue weighted by molar-refractivity contribution is 0.102. The van der Waals surface area contributed by atoms with E-state index in [1.807, 2.05) is 13.8 Å². The first-order chi connectivity index (χ1) is 13.0. The second kappa shape index (κ2) is 7.75. The van der Waals surface area contributed by atoms with Gasteiger partial charge in [0.15, 0.2) is 0 Å². The van der Waals surface area contributed by atoms with E-state index in [4.69, 9.17) is 14.5 Å². The van der Waals surface area contributed by atoms with Crippen molar-refractivity contribution in [1.29, 1.82) is 5.26 Å². The number of rotatable bonds is 5. The lowest BCUT2D eigenvalue weighted by Crippen LogP contribution is -2.13. The van der Waals surface area contributed by atoms with E-state index in [2.05, 4.69) is 16.5 Å². The van der Waals surface area contributed by atoms with Crippen LogP contribution in [-0.2, 0) is 6.61 Å². The van der Waals surface area contributed by atoms with Crippen molar-refractivity contribution >= 4 is 11.6 Å². The molecule has 0 bridgehead atoms. The Balaban J connectivity index is 1.66. The highest BCUT2D eigenvalue weighted by atomic mass is 16.5. The van der Waals surface area contributed by atoms with Crippen LogP contribution in [0.5, 0.6) is 5.75 Å². The minimum atomic E-state index is -0.245. The monoisotopic (exact) mass is 361 g/mol. The van der Waals surface area contributed by atoms with Gasteiger partial charge in [0.2, 0.25) is 0 Å². The number of hydrogen-bond acceptors (Lipinski definition) is 5. The summed E-state index contributed by atoms with van der Waals surface area (Å²) < 4.78 is 10.9. The maximum atomic E-state index is 12.5. The second-order valence-corrected chi connectivity index (χ2v) is 6.16. The smallest absolute Gasteiger partial charge is 0.255 e. The average Bonchev–Trinajstić information content (AvgIpc) is 3.00. The van der Waals surface area contributed by atoms with Gasteiger partial charge in [-0.05, 0) is 62.7 Å². The predicted molar refractivity (Wildman–Crippen MR) is 101 cm³/mol. The number of carbonyl (C=O) groups is 1. The number of amides is 1. The first kappa shape index (κ1) is 18.2. The molecule has 6 nitrogen and oxygen atoms in total. The van der Waals surface area contributed by atoms with Crippen molar-refractivity contribution in [1.82, 2.24) is 5.16 Å². The number of ether oxygens (including phenoxy) is 1. The molecule has 27 heavy (non-hydrogen) atoms. The molecule has 0 unspecified atom stereocenters. The number of nitriles is 1. The Labute approximate surface area is 157 Å². The number of carbonyl (C=O) groups excluding carboxylic acids is 1. The third kappa shape index (κ3) is 3.98. The molecule has 1 amide bonds. The highest BCUT2D eigenvalue weighted by Crippen LogP contribution is 2.21. The Morgan fingerprint density at radius 1 is 1.19 bits per heavy atom. The summed E-state index contributed by atoms with van der Waals surface area (Å²) >= 11 is 0. The predicted octanol–water partition coefficient (Wildman–Crippen LogP) is 4.30. The van der Waals surface area contributed by atoms with Gasteiger partial charge in [0.1, 0.15) is 18.1 Å². The molecular formula is C21H19N3O3. The van der Waals surface area contributed by atoms with Crippen molar-refractivity contribution in [2.24, 2.45) is 0 Å². The SMILES string of the molecule is Cc1noc(C)c1COc1ccc(C(=O)Nc2cccc(C#N)c2C)cc1. The Hall–Kier alpha value is -3.59. The van der Waals surface area contributed by atoms with Crippen molar-refractivity contribution in [3.8, 4) is 11.8 Å². The minimum absolute atomic E-state index is 0.245. The highest BCUT2D eigenvalue weighted by molar-refractivity contribution is 6.04. The van der Waals surface area contributed by atoms with E-state index in [0.29, 0.717) is 29.2 Å². The van der Waals surface area contributed by atoms with Crippen LogP contribution in [0.3, 0.4) is 0 Å². The third-order valence-electron chi connectivity index (χ3n) is 4.38. The van der Waals surface area contributed by atoms with E-state index in [-0.39, 0.29) is 5.91 Å². The van der Waals surface area contributed by atoms with Gasteiger partial charge in [-0.15, -0.1) is 0 Å². The maximum Gasteiger partial charge on any atom is 0.255 e. The molecule has 3 rings (SSSR count). The van der Waals surface area contributed by atoms with E-state index in [1.54, 1.807) is 49.4 Å². The Morgan fingerprint density at radius 2 is 1.93 bits per heavy atom. The van der Waals surface area contributed by atoms with Gasteiger partial charge in [0, 0.05) is 11.3 Å². The number of benzene rings is 2. The van der Waals surface area contributed by atoms with E-state index in [1.165, 1.54) is 0 Å². The molecule has 0 fully saturated rings. The molecule has 6 heteroatoms. The van der Waals surface area contributed by atoms with Crippen molar-refractivity contribution in [2.75, 3.05) is 5.32 Å². The summed E-state index contributed by atoms with van der Waals surface area (Å²) in [6, 6.07) is 14.2. The number of hydrogen-bond donors (Lipinski definition) is 1. The van der Waals surface area contributed by atoms with Crippen LogP contribution in [0.2, 0.25) is 0 Å². The van der Waals surface area contributed by atoms with Crippen LogP contribution < -0.4 is 10.1 Å². The summed E-state index contributed by atoms with van der Waals surface area (Å²) in [5, 5.41) is 15.8. The molecule has 0 saturated heterocycles. The number of anilines is 1. The lowest BCUT2D eigenvalue weighted by atomic mass is 10.1. The summed E-state index contributed by atoms with van der Waals surface area (Å²) in [7, 11) is 0. The summed E-state index contributed by atoms with van der Waals surface area (Å²) in [6.45, 7) is 5.87. The van der Waals surface area contributed by atoms with Gasteiger partial charge in [0.25, 0.3) is 5.91 Å². The normalized spacial score (nSPS) is 10.3. The van der Waals surface area contributed by atoms with Gasteiger partial charge in [-0.1, -0.05) is 11.2 Å². The minimum Gasteiger partial charge on any atom is -0.489 e. The zero-order valence-electron chi connectivity index (χ0n) is 15.4. The van der Waals surface area contributed by atoms with Gasteiger partial charge in [-0.2, -0.15) is 5.26 Å². The topological polar surface area (TPSA) is 88.2 Å². The highest BCUT2D eigenvalue weighted by Gasteiger charge is 2.11. The first-order valence-electron chi connectivity index (χ1n) is 8.45. The fraction of sp³-hybridized carbons (Fsp3) is 0.190. The van der Waals surface area contributed by atoms with Gasteiger partial charge in [0.05, 0.1) is 22.9 Å². The lowest BCUT2D eigenvalue weighted by Gasteiger charge is -2.10. The zero-order valence-corrected chi connectivity index (χ0v) is 15.4. The van der Waals surface area contributed by atoms with Crippen LogP contribution in [0.4, 0.5) is 5.69 Å². The molecule has 0 aliphatic carbocycles. The quantitative estimate of drug-likeness (QED) is 0.732. The van der Waals surface area contributed by atoms with Crippen LogP contribution in [-0.4, -0.2) is 11.1 Å². The molecule has 0 spiro atoms. The molecule has 0 radical (unpaired) electrons. The van der Waals surface area contributed by atoms with Gasteiger partial charge in [-0.25, -0.2) is 0 Å². The van der Waals surface area contributed by atoms with E-state index in [9.17, 15) is 4.79 Å². The fourth-order valence-electron chi connectivity index (χ4n) is 2.65. The van der Waals surface area contributed by atoms with Gasteiger partial charge >= 0.3 is 0 Å². The molecule has 1 aromatic heterocycles. The molecular weight excluding hydrogens is 342 g/mol. The molecule has 0 atom stereocenters. The molecule has 0 aliphatic rings. The van der Waals surface area contributed by atoms with Crippen LogP contribution in [0.1, 0.15) is 38.5 Å². The van der Waals surface area contributed by atoms with Crippen molar-refractivity contribution < 1.29 is 14.1 Å². The zero-order chi connectivity index (χ0) is 19.4. The Kier molecular flexibility index (Phi) is 5.23. The van der Waals surface area contributed by atoms with E-state index < -0.39 is 0 Å². The molecule has 1 N–H and O–H groups in total. The second-order valence-electron chi connectivity index (χ2n) is 6.16. The number of aromatic nitrogens is 1. The average molecular weight is 361 g/mol. The van der Waals surface area contributed by atoms with Crippen LogP contribution >= 0.6 is 0 Å². The van der Waals surface area contributed by atoms with Crippen LogP contribution in [0.25, 0.3) is 0 Å². The van der Waals surface area contributed by atoms with Crippen LogP contribution in [0, 0.1) is 32.1 Å². The fourth-order valence-corrected chi connectivity index (χ4v) is 2.65. The summed E-state index contributed by atoms with van der Waals surface area (Å²) in [6.07, 6.45) is 0. The number of aryl methyl sites for hydroxylation is 2. The number of nitrogens with one attached hydrogen (secondary N) is 1.